The Hall–Kier alpha value is -0.0800. The lowest BCUT2D eigenvalue weighted by atomic mass is 9.85. The number of nitrogens with zero attached hydrogens (tertiary/aromatic N) is 1. The predicted molar refractivity (Wildman–Crippen MR) is 76.4 cm³/mol. The summed E-state index contributed by atoms with van der Waals surface area (Å²) >= 11 is 0. The summed E-state index contributed by atoms with van der Waals surface area (Å²) < 4.78 is 0. The van der Waals surface area contributed by atoms with Crippen LogP contribution in [0.3, 0.4) is 0 Å². The molecule has 1 N–H and O–H groups in total. The van der Waals surface area contributed by atoms with Crippen LogP contribution in [0.4, 0.5) is 0 Å². The lowest BCUT2D eigenvalue weighted by molar-refractivity contribution is 0.158. The maximum absolute atomic E-state index is 3.58. The van der Waals surface area contributed by atoms with Crippen LogP contribution in [0.15, 0.2) is 0 Å². The largest absolute Gasteiger partial charge is 0.316 e. The molecule has 0 aromatic rings. The zero-order chi connectivity index (χ0) is 12.7. The van der Waals surface area contributed by atoms with E-state index in [0.717, 1.165) is 12.5 Å². The minimum atomic E-state index is 0.568. The fraction of sp³-hybridized carbons (Fsp3) is 1.00. The van der Waals surface area contributed by atoms with Crippen LogP contribution in [0, 0.1) is 11.3 Å². The summed E-state index contributed by atoms with van der Waals surface area (Å²) in [6.45, 7) is 11.7. The van der Waals surface area contributed by atoms with E-state index in [2.05, 4.69) is 38.0 Å². The fourth-order valence-electron chi connectivity index (χ4n) is 3.20. The molecule has 102 valence electrons. The average Bonchev–Trinajstić information content (AvgIpc) is 2.75. The quantitative estimate of drug-likeness (QED) is 0.701. The van der Waals surface area contributed by atoms with Crippen molar-refractivity contribution in [3.8, 4) is 0 Å². The number of nitrogens with one attached hydrogen (secondary N) is 1. The van der Waals surface area contributed by atoms with Crippen LogP contribution in [0.25, 0.3) is 0 Å². The first-order chi connectivity index (χ1) is 8.12. The standard InChI is InChI=1S/C15H32N2/c1-5-14(3)11-17(4)13-15(12-16-6-2)9-7-8-10-15/h14,16H,5-13H2,1-4H3. The number of rotatable bonds is 8. The van der Waals surface area contributed by atoms with E-state index in [1.165, 1.54) is 51.7 Å². The minimum absolute atomic E-state index is 0.568. The maximum Gasteiger partial charge on any atom is 0.00472 e. The van der Waals surface area contributed by atoms with Gasteiger partial charge in [-0.1, -0.05) is 40.0 Å². The lowest BCUT2D eigenvalue weighted by Gasteiger charge is -2.35. The molecular weight excluding hydrogens is 208 g/mol. The second kappa shape index (κ2) is 7.38. The first-order valence-corrected chi connectivity index (χ1v) is 7.51. The van der Waals surface area contributed by atoms with E-state index in [0.29, 0.717) is 5.41 Å². The van der Waals surface area contributed by atoms with Crippen molar-refractivity contribution in [3.63, 3.8) is 0 Å². The second-order valence-electron chi connectivity index (χ2n) is 6.20. The third-order valence-electron chi connectivity index (χ3n) is 4.34. The molecule has 0 bridgehead atoms. The summed E-state index contributed by atoms with van der Waals surface area (Å²) in [5.41, 5.74) is 0.568. The van der Waals surface area contributed by atoms with Gasteiger partial charge in [-0.2, -0.15) is 0 Å². The van der Waals surface area contributed by atoms with Gasteiger partial charge in [-0.3, -0.25) is 0 Å². The highest BCUT2D eigenvalue weighted by Gasteiger charge is 2.34. The van der Waals surface area contributed by atoms with Crippen LogP contribution < -0.4 is 5.32 Å². The van der Waals surface area contributed by atoms with Gasteiger partial charge in [-0.15, -0.1) is 0 Å². The first-order valence-electron chi connectivity index (χ1n) is 7.51. The van der Waals surface area contributed by atoms with Gasteiger partial charge in [-0.05, 0) is 37.8 Å². The smallest absolute Gasteiger partial charge is 0.00472 e. The zero-order valence-electron chi connectivity index (χ0n) is 12.4. The van der Waals surface area contributed by atoms with E-state index < -0.39 is 0 Å². The second-order valence-corrected chi connectivity index (χ2v) is 6.20. The van der Waals surface area contributed by atoms with Gasteiger partial charge < -0.3 is 10.2 Å². The Balaban J connectivity index is 2.42. The Morgan fingerprint density at radius 2 is 1.88 bits per heavy atom. The summed E-state index contributed by atoms with van der Waals surface area (Å²) in [5, 5.41) is 3.58. The highest BCUT2D eigenvalue weighted by molar-refractivity contribution is 4.89. The molecule has 0 aliphatic heterocycles. The molecule has 1 aliphatic carbocycles. The summed E-state index contributed by atoms with van der Waals surface area (Å²) in [6, 6.07) is 0. The van der Waals surface area contributed by atoms with Gasteiger partial charge in [0.2, 0.25) is 0 Å². The van der Waals surface area contributed by atoms with Gasteiger partial charge >= 0.3 is 0 Å². The highest BCUT2D eigenvalue weighted by Crippen LogP contribution is 2.38. The molecule has 1 atom stereocenters. The molecule has 0 saturated heterocycles. The van der Waals surface area contributed by atoms with Crippen molar-refractivity contribution >= 4 is 0 Å². The van der Waals surface area contributed by atoms with Gasteiger partial charge in [0.25, 0.3) is 0 Å². The molecular formula is C15H32N2. The molecule has 0 aromatic carbocycles. The molecule has 2 heteroatoms. The summed E-state index contributed by atoms with van der Waals surface area (Å²) in [6.07, 6.45) is 7.01. The predicted octanol–water partition coefficient (Wildman–Crippen LogP) is 3.13. The van der Waals surface area contributed by atoms with E-state index in [4.69, 9.17) is 0 Å². The molecule has 1 fully saturated rings. The lowest BCUT2D eigenvalue weighted by Crippen LogP contribution is -2.42. The Morgan fingerprint density at radius 3 is 2.41 bits per heavy atom. The van der Waals surface area contributed by atoms with Gasteiger partial charge in [0.1, 0.15) is 0 Å². The van der Waals surface area contributed by atoms with Gasteiger partial charge in [0.15, 0.2) is 0 Å². The highest BCUT2D eigenvalue weighted by atomic mass is 15.1. The van der Waals surface area contributed by atoms with Crippen molar-refractivity contribution in [2.75, 3.05) is 33.2 Å². The molecule has 0 heterocycles. The summed E-state index contributed by atoms with van der Waals surface area (Å²) in [5.74, 6) is 0.831. The van der Waals surface area contributed by atoms with Crippen LogP contribution in [0.1, 0.15) is 52.9 Å². The first kappa shape index (κ1) is 15.0. The van der Waals surface area contributed by atoms with Crippen LogP contribution >= 0.6 is 0 Å². The normalized spacial score (nSPS) is 21.0. The Morgan fingerprint density at radius 1 is 1.24 bits per heavy atom. The van der Waals surface area contributed by atoms with Crippen molar-refractivity contribution in [1.29, 1.82) is 0 Å². The fourth-order valence-corrected chi connectivity index (χ4v) is 3.20. The van der Waals surface area contributed by atoms with E-state index in [9.17, 15) is 0 Å². The molecule has 1 saturated carbocycles. The molecule has 1 rings (SSSR count). The Labute approximate surface area is 108 Å². The maximum atomic E-state index is 3.58. The van der Waals surface area contributed by atoms with Crippen LogP contribution in [0.5, 0.6) is 0 Å². The van der Waals surface area contributed by atoms with E-state index in [1.807, 2.05) is 0 Å². The molecule has 0 amide bonds. The zero-order valence-corrected chi connectivity index (χ0v) is 12.4. The SMILES string of the molecule is CCNCC1(CN(C)CC(C)CC)CCCC1. The van der Waals surface area contributed by atoms with Crippen molar-refractivity contribution in [1.82, 2.24) is 10.2 Å². The van der Waals surface area contributed by atoms with E-state index >= 15 is 0 Å². The molecule has 0 aromatic heterocycles. The van der Waals surface area contributed by atoms with Gasteiger partial charge in [0.05, 0.1) is 0 Å². The van der Waals surface area contributed by atoms with Crippen molar-refractivity contribution in [2.45, 2.75) is 52.9 Å². The summed E-state index contributed by atoms with van der Waals surface area (Å²) in [4.78, 5) is 2.57. The Bertz CT molecular complexity index is 197. The molecule has 0 radical (unpaired) electrons. The van der Waals surface area contributed by atoms with Crippen LogP contribution in [-0.2, 0) is 0 Å². The molecule has 1 aliphatic rings. The Kier molecular flexibility index (Phi) is 6.50. The van der Waals surface area contributed by atoms with E-state index in [1.54, 1.807) is 0 Å². The van der Waals surface area contributed by atoms with Crippen molar-refractivity contribution in [3.05, 3.63) is 0 Å². The number of hydrogen-bond donors (Lipinski definition) is 1. The van der Waals surface area contributed by atoms with E-state index in [-0.39, 0.29) is 0 Å². The van der Waals surface area contributed by atoms with Gasteiger partial charge in [-0.25, -0.2) is 0 Å². The van der Waals surface area contributed by atoms with Crippen molar-refractivity contribution in [2.24, 2.45) is 11.3 Å². The number of hydrogen-bond acceptors (Lipinski definition) is 2. The monoisotopic (exact) mass is 240 g/mol. The van der Waals surface area contributed by atoms with Crippen molar-refractivity contribution < 1.29 is 0 Å². The molecule has 1 unspecified atom stereocenters. The molecule has 2 nitrogen and oxygen atoms in total. The third-order valence-corrected chi connectivity index (χ3v) is 4.34. The average molecular weight is 240 g/mol. The topological polar surface area (TPSA) is 15.3 Å². The third kappa shape index (κ3) is 4.97. The van der Waals surface area contributed by atoms with Crippen LogP contribution in [0.2, 0.25) is 0 Å². The van der Waals surface area contributed by atoms with Gasteiger partial charge in [0, 0.05) is 19.6 Å². The molecule has 17 heavy (non-hydrogen) atoms. The minimum Gasteiger partial charge on any atom is -0.316 e. The summed E-state index contributed by atoms with van der Waals surface area (Å²) in [7, 11) is 2.30. The van der Waals surface area contributed by atoms with Crippen LogP contribution in [-0.4, -0.2) is 38.1 Å². The molecule has 0 spiro atoms.